The van der Waals surface area contributed by atoms with Crippen LogP contribution in [0.4, 0.5) is 0 Å². The summed E-state index contributed by atoms with van der Waals surface area (Å²) in [5, 5.41) is 0. The van der Waals surface area contributed by atoms with Crippen LogP contribution in [0.1, 0.15) is 63.6 Å². The van der Waals surface area contributed by atoms with E-state index in [1.54, 1.807) is 0 Å². The summed E-state index contributed by atoms with van der Waals surface area (Å²) in [6, 6.07) is 8.98. The quantitative estimate of drug-likeness (QED) is 0.743. The van der Waals surface area contributed by atoms with Crippen molar-refractivity contribution < 1.29 is 14.3 Å². The fourth-order valence-corrected chi connectivity index (χ4v) is 4.39. The van der Waals surface area contributed by atoms with Crippen molar-refractivity contribution >= 4 is 11.9 Å². The Morgan fingerprint density at radius 3 is 2.25 bits per heavy atom. The van der Waals surface area contributed by atoms with Crippen LogP contribution >= 0.6 is 0 Å². The van der Waals surface area contributed by atoms with Gasteiger partial charge in [-0.3, -0.25) is 14.5 Å². The molecule has 1 atom stereocenters. The van der Waals surface area contributed by atoms with E-state index in [4.69, 9.17) is 4.74 Å². The van der Waals surface area contributed by atoms with Gasteiger partial charge >= 0.3 is 5.97 Å². The first kappa shape index (κ1) is 20.8. The summed E-state index contributed by atoms with van der Waals surface area (Å²) < 4.78 is 4.85. The Hall–Kier alpha value is -1.88. The Morgan fingerprint density at radius 2 is 1.68 bits per heavy atom. The zero-order valence-electron chi connectivity index (χ0n) is 17.7. The highest BCUT2D eigenvalue weighted by Gasteiger charge is 2.32. The predicted octanol–water partition coefficient (Wildman–Crippen LogP) is 3.53. The van der Waals surface area contributed by atoms with Crippen LogP contribution in [0.15, 0.2) is 24.3 Å². The molecule has 0 saturated carbocycles. The van der Waals surface area contributed by atoms with E-state index < -0.39 is 0 Å². The molecule has 0 spiro atoms. The van der Waals surface area contributed by atoms with Gasteiger partial charge in [0.1, 0.15) is 0 Å². The molecule has 1 unspecified atom stereocenters. The van der Waals surface area contributed by atoms with Gasteiger partial charge in [-0.1, -0.05) is 45.0 Å². The van der Waals surface area contributed by atoms with Crippen molar-refractivity contribution in [3.05, 3.63) is 35.4 Å². The van der Waals surface area contributed by atoms with Gasteiger partial charge in [0.05, 0.1) is 25.6 Å². The van der Waals surface area contributed by atoms with Crippen molar-refractivity contribution in [2.24, 2.45) is 5.92 Å². The third-order valence-electron chi connectivity index (χ3n) is 6.22. The van der Waals surface area contributed by atoms with Crippen LogP contribution < -0.4 is 0 Å². The van der Waals surface area contributed by atoms with Crippen LogP contribution in [-0.4, -0.2) is 55.0 Å². The molecular formula is C23H34N2O3. The number of hydrogen-bond acceptors (Lipinski definition) is 4. The van der Waals surface area contributed by atoms with E-state index in [0.29, 0.717) is 6.54 Å². The van der Waals surface area contributed by atoms with Gasteiger partial charge in [0, 0.05) is 6.54 Å². The largest absolute Gasteiger partial charge is 0.469 e. The Morgan fingerprint density at radius 1 is 1.04 bits per heavy atom. The molecule has 1 aromatic carbocycles. The third kappa shape index (κ3) is 4.75. The number of rotatable bonds is 4. The number of hydrogen-bond donors (Lipinski definition) is 0. The number of benzene rings is 1. The molecule has 0 aliphatic carbocycles. The van der Waals surface area contributed by atoms with Crippen molar-refractivity contribution in [1.29, 1.82) is 0 Å². The topological polar surface area (TPSA) is 49.9 Å². The molecule has 0 radical (unpaired) electrons. The number of esters is 1. The molecule has 1 amide bonds. The average molecular weight is 387 g/mol. The molecule has 154 valence electrons. The zero-order valence-corrected chi connectivity index (χ0v) is 17.7. The average Bonchev–Trinajstić information content (AvgIpc) is 3.17. The fourth-order valence-electron chi connectivity index (χ4n) is 4.39. The van der Waals surface area contributed by atoms with E-state index in [2.05, 4.69) is 54.8 Å². The van der Waals surface area contributed by atoms with E-state index in [9.17, 15) is 9.59 Å². The van der Waals surface area contributed by atoms with Crippen LogP contribution in [0, 0.1) is 5.92 Å². The molecule has 28 heavy (non-hydrogen) atoms. The predicted molar refractivity (Wildman–Crippen MR) is 110 cm³/mol. The molecule has 3 rings (SSSR count). The van der Waals surface area contributed by atoms with E-state index in [1.807, 2.05) is 0 Å². The van der Waals surface area contributed by atoms with Gasteiger partial charge in [0.15, 0.2) is 0 Å². The summed E-state index contributed by atoms with van der Waals surface area (Å²) in [6.07, 6.45) is 3.64. The standard InChI is InChI=1S/C23H34N2O3/c1-23(2,3)19-9-7-17(8-10-19)20-6-5-13-25(20)21(26)16-24-14-11-18(12-15-24)22(27)28-4/h7-10,18,20H,5-6,11-16H2,1-4H3. The Kier molecular flexibility index (Phi) is 6.43. The summed E-state index contributed by atoms with van der Waals surface area (Å²) in [5.41, 5.74) is 2.70. The van der Waals surface area contributed by atoms with Crippen LogP contribution in [0.2, 0.25) is 0 Å². The lowest BCUT2D eigenvalue weighted by atomic mass is 9.86. The van der Waals surface area contributed by atoms with E-state index in [-0.39, 0.29) is 29.3 Å². The van der Waals surface area contributed by atoms with Crippen LogP contribution in [0.25, 0.3) is 0 Å². The molecule has 0 aromatic heterocycles. The van der Waals surface area contributed by atoms with Gasteiger partial charge < -0.3 is 9.64 Å². The molecular weight excluding hydrogens is 352 g/mol. The lowest BCUT2D eigenvalue weighted by molar-refractivity contribution is -0.147. The lowest BCUT2D eigenvalue weighted by Crippen LogP contribution is -2.44. The maximum absolute atomic E-state index is 13.0. The van der Waals surface area contributed by atoms with Crippen molar-refractivity contribution in [2.45, 2.75) is 57.9 Å². The summed E-state index contributed by atoms with van der Waals surface area (Å²) in [7, 11) is 1.44. The number of piperidine rings is 1. The second kappa shape index (κ2) is 8.64. The van der Waals surface area contributed by atoms with Crippen molar-refractivity contribution in [3.8, 4) is 0 Å². The van der Waals surface area contributed by atoms with Gasteiger partial charge in [-0.2, -0.15) is 0 Å². The molecule has 2 fully saturated rings. The third-order valence-corrected chi connectivity index (χ3v) is 6.22. The molecule has 0 bridgehead atoms. The number of likely N-dealkylation sites (tertiary alicyclic amines) is 2. The van der Waals surface area contributed by atoms with Crippen molar-refractivity contribution in [1.82, 2.24) is 9.80 Å². The highest BCUT2D eigenvalue weighted by Crippen LogP contribution is 2.33. The molecule has 5 heteroatoms. The van der Waals surface area contributed by atoms with Gasteiger partial charge in [0.2, 0.25) is 5.91 Å². The van der Waals surface area contributed by atoms with E-state index >= 15 is 0 Å². The number of carbonyl (C=O) groups is 2. The van der Waals surface area contributed by atoms with Crippen molar-refractivity contribution in [3.63, 3.8) is 0 Å². The minimum absolute atomic E-state index is 0.0165. The Bertz CT molecular complexity index is 685. The van der Waals surface area contributed by atoms with Crippen molar-refractivity contribution in [2.75, 3.05) is 33.3 Å². The first-order valence-corrected chi connectivity index (χ1v) is 10.5. The summed E-state index contributed by atoms with van der Waals surface area (Å²) in [4.78, 5) is 28.9. The minimum Gasteiger partial charge on any atom is -0.469 e. The number of nitrogens with zero attached hydrogens (tertiary/aromatic N) is 2. The highest BCUT2D eigenvalue weighted by molar-refractivity contribution is 5.79. The zero-order chi connectivity index (χ0) is 20.3. The molecule has 2 aliphatic rings. The first-order chi connectivity index (χ1) is 13.3. The van der Waals surface area contributed by atoms with Gasteiger partial charge in [-0.05, 0) is 55.3 Å². The summed E-state index contributed by atoms with van der Waals surface area (Å²) >= 11 is 0. The molecule has 2 heterocycles. The second-order valence-corrected chi connectivity index (χ2v) is 9.19. The number of methoxy groups -OCH3 is 1. The SMILES string of the molecule is COC(=O)C1CCN(CC(=O)N2CCCC2c2ccc(C(C)(C)C)cc2)CC1. The number of ether oxygens (including phenoxy) is 1. The van der Waals surface area contributed by atoms with Gasteiger partial charge in [-0.25, -0.2) is 0 Å². The second-order valence-electron chi connectivity index (χ2n) is 9.19. The first-order valence-electron chi connectivity index (χ1n) is 10.5. The fraction of sp³-hybridized carbons (Fsp3) is 0.652. The maximum atomic E-state index is 13.0. The Balaban J connectivity index is 1.58. The van der Waals surface area contributed by atoms with E-state index in [1.165, 1.54) is 18.2 Å². The minimum atomic E-state index is -0.121. The van der Waals surface area contributed by atoms with Crippen LogP contribution in [0.5, 0.6) is 0 Å². The van der Waals surface area contributed by atoms with Gasteiger partial charge in [0.25, 0.3) is 0 Å². The molecule has 2 aliphatic heterocycles. The Labute approximate surface area is 169 Å². The smallest absolute Gasteiger partial charge is 0.308 e. The monoisotopic (exact) mass is 386 g/mol. The molecule has 1 aromatic rings. The van der Waals surface area contributed by atoms with Crippen LogP contribution in [0.3, 0.4) is 0 Å². The molecule has 2 saturated heterocycles. The number of carbonyl (C=O) groups excluding carboxylic acids is 2. The summed E-state index contributed by atoms with van der Waals surface area (Å²) in [6.45, 7) is 9.51. The highest BCUT2D eigenvalue weighted by atomic mass is 16.5. The van der Waals surface area contributed by atoms with Crippen LogP contribution in [-0.2, 0) is 19.7 Å². The molecule has 5 nitrogen and oxygen atoms in total. The maximum Gasteiger partial charge on any atom is 0.308 e. The molecule has 0 N–H and O–H groups in total. The lowest BCUT2D eigenvalue weighted by Gasteiger charge is -2.33. The normalized spacial score (nSPS) is 21.7. The van der Waals surface area contributed by atoms with E-state index in [0.717, 1.165) is 45.3 Å². The summed E-state index contributed by atoms with van der Waals surface area (Å²) in [5.74, 6) is 0.0698. The van der Waals surface area contributed by atoms with Gasteiger partial charge in [-0.15, -0.1) is 0 Å². The number of amides is 1.